The van der Waals surface area contributed by atoms with E-state index in [-0.39, 0.29) is 17.4 Å². The maximum absolute atomic E-state index is 13.6. The zero-order valence-corrected chi connectivity index (χ0v) is 25.2. The van der Waals surface area contributed by atoms with Crippen molar-refractivity contribution < 1.29 is 54.9 Å². The molecule has 0 aromatic heterocycles. The van der Waals surface area contributed by atoms with Crippen LogP contribution in [0.5, 0.6) is 5.75 Å². The van der Waals surface area contributed by atoms with Crippen molar-refractivity contribution in [2.45, 2.75) is 103 Å². The fourth-order valence-electron chi connectivity index (χ4n) is 4.71. The molecule has 0 aliphatic heterocycles. The first-order valence-corrected chi connectivity index (χ1v) is 13.8. The molecule has 1 amide bonds. The van der Waals surface area contributed by atoms with Gasteiger partial charge >= 0.3 is 24.4 Å². The molecule has 13 heteroatoms. The van der Waals surface area contributed by atoms with E-state index < -0.39 is 77.5 Å². The number of ketones is 1. The Balaban J connectivity index is 1.79. The lowest BCUT2D eigenvalue weighted by Crippen LogP contribution is -2.46. The van der Waals surface area contributed by atoms with Crippen LogP contribution in [0.3, 0.4) is 0 Å². The number of carbonyl (C=O) groups excluding carboxylic acids is 3. The highest BCUT2D eigenvalue weighted by molar-refractivity contribution is 5.96. The first-order chi connectivity index (χ1) is 20.0. The molecule has 1 unspecified atom stereocenters. The molecular formula is C31H35F6NO6. The molecule has 1 N–H and O–H groups in total. The molecule has 0 heterocycles. The first-order valence-electron chi connectivity index (χ1n) is 13.8. The van der Waals surface area contributed by atoms with Gasteiger partial charge in [0.25, 0.3) is 0 Å². The molecule has 3 rings (SSSR count). The van der Waals surface area contributed by atoms with Crippen molar-refractivity contribution in [3.05, 3.63) is 64.2 Å². The molecule has 2 atom stereocenters. The standard InChI is InChI=1S/C31H35F6NO6/c1-28(2,3)43-25(39)15-24(38-27(41)44-29(4,5)6)26(40)23-9-7-18-13-21(8-10-22(18)23)42-16-17-11-19(30(32,33)34)14-20(12-17)31(35,36)37/h8,10-14,23-24H,7,9,15-16H2,1-6H3,(H,38,41)/t23?,24-/m1/s1. The summed E-state index contributed by atoms with van der Waals surface area (Å²) in [6, 6.07) is 4.57. The van der Waals surface area contributed by atoms with Crippen LogP contribution in [0.2, 0.25) is 0 Å². The number of aryl methyl sites for hydroxylation is 1. The van der Waals surface area contributed by atoms with Gasteiger partial charge in [0.1, 0.15) is 29.6 Å². The number of benzene rings is 2. The molecule has 0 fully saturated rings. The summed E-state index contributed by atoms with van der Waals surface area (Å²) in [4.78, 5) is 38.7. The van der Waals surface area contributed by atoms with Gasteiger partial charge in [0.2, 0.25) is 0 Å². The van der Waals surface area contributed by atoms with Gasteiger partial charge in [-0.15, -0.1) is 0 Å². The van der Waals surface area contributed by atoms with E-state index in [9.17, 15) is 40.7 Å². The highest BCUT2D eigenvalue weighted by Gasteiger charge is 2.38. The first kappa shape index (κ1) is 34.7. The van der Waals surface area contributed by atoms with E-state index in [1.54, 1.807) is 53.7 Å². The summed E-state index contributed by atoms with van der Waals surface area (Å²) >= 11 is 0. The second-order valence-electron chi connectivity index (χ2n) is 12.5. The molecule has 0 saturated carbocycles. The molecule has 2 aromatic carbocycles. The number of fused-ring (bicyclic) bond motifs is 1. The largest absolute Gasteiger partial charge is 0.489 e. The van der Waals surface area contributed by atoms with Crippen LogP contribution < -0.4 is 10.1 Å². The van der Waals surface area contributed by atoms with Crippen LogP contribution in [-0.4, -0.2) is 35.1 Å². The number of hydrogen-bond donors (Lipinski definition) is 1. The molecule has 0 radical (unpaired) electrons. The van der Waals surface area contributed by atoms with Gasteiger partial charge in [0.15, 0.2) is 5.78 Å². The molecule has 2 aromatic rings. The lowest BCUT2D eigenvalue weighted by atomic mass is 9.91. The minimum atomic E-state index is -4.98. The van der Waals surface area contributed by atoms with Gasteiger partial charge < -0.3 is 19.5 Å². The number of amides is 1. The van der Waals surface area contributed by atoms with Gasteiger partial charge in [-0.25, -0.2) is 4.79 Å². The summed E-state index contributed by atoms with van der Waals surface area (Å²) in [7, 11) is 0. The van der Waals surface area contributed by atoms with Crippen molar-refractivity contribution in [1.29, 1.82) is 0 Å². The minimum absolute atomic E-state index is 0.0454. The second kappa shape index (κ2) is 12.7. The van der Waals surface area contributed by atoms with E-state index in [0.29, 0.717) is 36.1 Å². The molecule has 44 heavy (non-hydrogen) atoms. The summed E-state index contributed by atoms with van der Waals surface area (Å²) in [5, 5.41) is 2.48. The zero-order chi connectivity index (χ0) is 33.3. The number of carbonyl (C=O) groups is 3. The van der Waals surface area contributed by atoms with Crippen LogP contribution in [0, 0.1) is 0 Å². The van der Waals surface area contributed by atoms with E-state index >= 15 is 0 Å². The molecule has 0 saturated heterocycles. The van der Waals surface area contributed by atoms with Crippen LogP contribution in [-0.2, 0) is 44.4 Å². The van der Waals surface area contributed by atoms with Crippen molar-refractivity contribution >= 4 is 17.8 Å². The lowest BCUT2D eigenvalue weighted by Gasteiger charge is -2.26. The number of alkyl halides is 6. The van der Waals surface area contributed by atoms with Crippen molar-refractivity contribution in [1.82, 2.24) is 5.32 Å². The molecule has 242 valence electrons. The maximum atomic E-state index is 13.6. The fourth-order valence-corrected chi connectivity index (χ4v) is 4.71. The Labute approximate surface area is 251 Å². The predicted molar refractivity (Wildman–Crippen MR) is 147 cm³/mol. The lowest BCUT2D eigenvalue weighted by molar-refractivity contribution is -0.156. The van der Waals surface area contributed by atoms with E-state index in [0.717, 1.165) is 0 Å². The van der Waals surface area contributed by atoms with Crippen LogP contribution >= 0.6 is 0 Å². The average molecular weight is 632 g/mol. The topological polar surface area (TPSA) is 90.9 Å². The number of halogens is 6. The average Bonchev–Trinajstić information content (AvgIpc) is 3.26. The van der Waals surface area contributed by atoms with Gasteiger partial charge in [0.05, 0.1) is 17.5 Å². The van der Waals surface area contributed by atoms with Gasteiger partial charge in [-0.05, 0) is 101 Å². The Morgan fingerprint density at radius 3 is 1.93 bits per heavy atom. The second-order valence-corrected chi connectivity index (χ2v) is 12.5. The van der Waals surface area contributed by atoms with Gasteiger partial charge in [-0.3, -0.25) is 9.59 Å². The molecule has 0 spiro atoms. The van der Waals surface area contributed by atoms with Crippen LogP contribution in [0.1, 0.15) is 88.1 Å². The third kappa shape index (κ3) is 9.88. The molecule has 1 aliphatic rings. The Hall–Kier alpha value is -3.77. The minimum Gasteiger partial charge on any atom is -0.489 e. The zero-order valence-electron chi connectivity index (χ0n) is 25.2. The van der Waals surface area contributed by atoms with E-state index in [4.69, 9.17) is 14.2 Å². The molecule has 7 nitrogen and oxygen atoms in total. The number of hydrogen-bond acceptors (Lipinski definition) is 6. The summed E-state index contributed by atoms with van der Waals surface area (Å²) < 4.78 is 95.4. The summed E-state index contributed by atoms with van der Waals surface area (Å²) in [5.74, 6) is -1.67. The van der Waals surface area contributed by atoms with E-state index in [2.05, 4.69) is 5.32 Å². The monoisotopic (exact) mass is 631 g/mol. The van der Waals surface area contributed by atoms with Gasteiger partial charge in [-0.2, -0.15) is 26.3 Å². The number of nitrogens with one attached hydrogen (secondary N) is 1. The Bertz CT molecular complexity index is 1330. The van der Waals surface area contributed by atoms with Gasteiger partial charge in [-0.1, -0.05) is 6.07 Å². The van der Waals surface area contributed by atoms with Crippen molar-refractivity contribution in [2.24, 2.45) is 0 Å². The number of rotatable bonds is 8. The summed E-state index contributed by atoms with van der Waals surface area (Å²) in [5.41, 5.74) is -3.61. The predicted octanol–water partition coefficient (Wildman–Crippen LogP) is 7.53. The summed E-state index contributed by atoms with van der Waals surface area (Å²) in [6.07, 6.45) is -10.5. The number of Topliss-reactive ketones (excluding diaryl/α,β-unsaturated/α-hetero) is 1. The van der Waals surface area contributed by atoms with E-state index in [1.165, 1.54) is 6.07 Å². The fraction of sp³-hybridized carbons (Fsp3) is 0.516. The summed E-state index contributed by atoms with van der Waals surface area (Å²) in [6.45, 7) is 9.37. The van der Waals surface area contributed by atoms with Crippen molar-refractivity contribution in [2.75, 3.05) is 0 Å². The number of esters is 1. The van der Waals surface area contributed by atoms with Crippen molar-refractivity contribution in [3.8, 4) is 5.75 Å². The highest BCUT2D eigenvalue weighted by atomic mass is 19.4. The quantitative estimate of drug-likeness (QED) is 0.239. The number of alkyl carbamates (subject to hydrolysis) is 1. The maximum Gasteiger partial charge on any atom is 0.416 e. The Morgan fingerprint density at radius 1 is 0.841 bits per heavy atom. The Morgan fingerprint density at radius 2 is 1.41 bits per heavy atom. The third-order valence-corrected chi connectivity index (χ3v) is 6.41. The van der Waals surface area contributed by atoms with Crippen LogP contribution in [0.25, 0.3) is 0 Å². The highest BCUT2D eigenvalue weighted by Crippen LogP contribution is 2.39. The van der Waals surface area contributed by atoms with Crippen molar-refractivity contribution in [3.63, 3.8) is 0 Å². The van der Waals surface area contributed by atoms with Gasteiger partial charge in [0, 0.05) is 5.92 Å². The van der Waals surface area contributed by atoms with E-state index in [1.807, 2.05) is 0 Å². The molecule has 0 bridgehead atoms. The smallest absolute Gasteiger partial charge is 0.416 e. The van der Waals surface area contributed by atoms with Crippen LogP contribution in [0.4, 0.5) is 31.1 Å². The SMILES string of the molecule is CC(C)(C)OC(=O)C[C@@H](NC(=O)OC(C)(C)C)C(=O)C1CCc2cc(OCc3cc(C(F)(F)F)cc(C(F)(F)F)c3)ccc21. The Kier molecular flexibility index (Phi) is 10.0. The normalized spacial score (nSPS) is 16.1. The molecular weight excluding hydrogens is 596 g/mol. The van der Waals surface area contributed by atoms with Crippen LogP contribution in [0.15, 0.2) is 36.4 Å². The molecule has 1 aliphatic carbocycles. The number of ether oxygens (including phenoxy) is 3. The third-order valence-electron chi connectivity index (χ3n) is 6.41.